The summed E-state index contributed by atoms with van der Waals surface area (Å²) >= 11 is 0. The van der Waals surface area contributed by atoms with Crippen LogP contribution in [0.5, 0.6) is 0 Å². The van der Waals surface area contributed by atoms with Gasteiger partial charge in [-0.05, 0) is 43.5 Å². The van der Waals surface area contributed by atoms with Gasteiger partial charge >= 0.3 is 6.18 Å². The maximum Gasteiger partial charge on any atom is 0.417 e. The molecule has 2 aromatic heterocycles. The van der Waals surface area contributed by atoms with Crippen LogP contribution in [0.15, 0.2) is 36.5 Å². The zero-order valence-corrected chi connectivity index (χ0v) is 14.6. The first-order valence-electron chi connectivity index (χ1n) is 8.18. The van der Waals surface area contributed by atoms with Crippen LogP contribution in [0.3, 0.4) is 0 Å². The first-order valence-corrected chi connectivity index (χ1v) is 8.18. The van der Waals surface area contributed by atoms with E-state index in [1.54, 1.807) is 0 Å². The van der Waals surface area contributed by atoms with Gasteiger partial charge in [0.05, 0.1) is 11.3 Å². The van der Waals surface area contributed by atoms with E-state index in [0.29, 0.717) is 23.4 Å². The van der Waals surface area contributed by atoms with Crippen LogP contribution in [0.2, 0.25) is 0 Å². The van der Waals surface area contributed by atoms with Gasteiger partial charge in [-0.2, -0.15) is 13.2 Å². The molecular formula is C19H18F3N3O. The Bertz CT molecular complexity index is 969. The summed E-state index contributed by atoms with van der Waals surface area (Å²) in [5.74, 6) is -0.480. The van der Waals surface area contributed by atoms with Gasteiger partial charge in [-0.15, -0.1) is 0 Å². The Morgan fingerprint density at radius 3 is 2.38 bits per heavy atom. The van der Waals surface area contributed by atoms with Crippen LogP contribution in [0.4, 0.5) is 18.9 Å². The molecule has 4 nitrogen and oxygen atoms in total. The van der Waals surface area contributed by atoms with Crippen LogP contribution in [0.1, 0.15) is 39.8 Å². The highest BCUT2D eigenvalue weighted by molar-refractivity contribution is 6.05. The molecule has 0 spiro atoms. The largest absolute Gasteiger partial charge is 0.417 e. The molecule has 136 valence electrons. The molecule has 0 aliphatic rings. The molecule has 3 rings (SSSR count). The van der Waals surface area contributed by atoms with E-state index in [1.807, 2.05) is 39.0 Å². The highest BCUT2D eigenvalue weighted by atomic mass is 19.4. The first kappa shape index (κ1) is 18.0. The molecule has 1 N–H and O–H groups in total. The number of amides is 1. The van der Waals surface area contributed by atoms with Crippen molar-refractivity contribution >= 4 is 17.2 Å². The second-order valence-electron chi connectivity index (χ2n) is 6.13. The minimum atomic E-state index is -4.49. The Kier molecular flexibility index (Phi) is 4.48. The summed E-state index contributed by atoms with van der Waals surface area (Å²) in [6.07, 6.45) is -3.15. The fraction of sp³-hybridized carbons (Fsp3) is 0.263. The van der Waals surface area contributed by atoms with Crippen LogP contribution in [-0.4, -0.2) is 15.3 Å². The number of imidazole rings is 1. The molecule has 1 amide bonds. The van der Waals surface area contributed by atoms with E-state index >= 15 is 0 Å². The number of rotatable bonds is 3. The molecule has 0 aliphatic carbocycles. The van der Waals surface area contributed by atoms with Crippen LogP contribution in [-0.2, 0) is 12.6 Å². The Morgan fingerprint density at radius 1 is 1.15 bits per heavy atom. The number of hydrogen-bond acceptors (Lipinski definition) is 2. The van der Waals surface area contributed by atoms with Crippen LogP contribution in [0, 0.1) is 13.8 Å². The third-order valence-corrected chi connectivity index (χ3v) is 4.29. The van der Waals surface area contributed by atoms with Crippen molar-refractivity contribution in [2.24, 2.45) is 0 Å². The van der Waals surface area contributed by atoms with Crippen molar-refractivity contribution in [2.75, 3.05) is 5.32 Å². The van der Waals surface area contributed by atoms with Crippen LogP contribution in [0.25, 0.3) is 5.65 Å². The number of pyridine rings is 1. The third kappa shape index (κ3) is 3.16. The topological polar surface area (TPSA) is 46.4 Å². The average molecular weight is 361 g/mol. The third-order valence-electron chi connectivity index (χ3n) is 4.29. The van der Waals surface area contributed by atoms with Gasteiger partial charge in [0.1, 0.15) is 11.3 Å². The summed E-state index contributed by atoms with van der Waals surface area (Å²) in [5, 5.41) is 2.82. The van der Waals surface area contributed by atoms with Gasteiger partial charge in [-0.25, -0.2) is 4.98 Å². The number of fused-ring (bicyclic) bond motifs is 1. The van der Waals surface area contributed by atoms with Crippen LogP contribution < -0.4 is 5.32 Å². The van der Waals surface area contributed by atoms with Gasteiger partial charge < -0.3 is 5.32 Å². The molecule has 0 bridgehead atoms. The number of carbonyl (C=O) groups excluding carboxylic acids is 1. The smallest absolute Gasteiger partial charge is 0.320 e. The summed E-state index contributed by atoms with van der Waals surface area (Å²) in [5.41, 5.74) is 2.46. The number of nitrogens with zero attached hydrogens (tertiary/aromatic N) is 2. The summed E-state index contributed by atoms with van der Waals surface area (Å²) < 4.78 is 40.4. The molecule has 3 aromatic rings. The predicted molar refractivity (Wildman–Crippen MR) is 93.4 cm³/mol. The molecule has 7 heteroatoms. The molecule has 26 heavy (non-hydrogen) atoms. The molecule has 0 atom stereocenters. The van der Waals surface area contributed by atoms with E-state index in [4.69, 9.17) is 0 Å². The molecular weight excluding hydrogens is 343 g/mol. The standard InChI is InChI=1S/C19H18F3N3O/c1-4-14-17(18(26)24-16-11(2)6-5-7-12(16)3)25-10-13(19(20,21)22)8-9-15(25)23-14/h5-10H,4H2,1-3H3,(H,24,26). The minimum Gasteiger partial charge on any atom is -0.320 e. The summed E-state index contributed by atoms with van der Waals surface area (Å²) in [7, 11) is 0. The molecule has 2 heterocycles. The van der Waals surface area contributed by atoms with E-state index in [-0.39, 0.29) is 5.69 Å². The number of nitrogens with one attached hydrogen (secondary N) is 1. The number of carbonyl (C=O) groups is 1. The number of anilines is 1. The van der Waals surface area contributed by atoms with Crippen molar-refractivity contribution in [2.45, 2.75) is 33.4 Å². The van der Waals surface area contributed by atoms with Crippen molar-refractivity contribution in [3.05, 3.63) is 64.6 Å². The summed E-state index contributed by atoms with van der Waals surface area (Å²) in [6, 6.07) is 7.84. The van der Waals surface area contributed by atoms with E-state index in [2.05, 4.69) is 10.3 Å². The van der Waals surface area contributed by atoms with Crippen molar-refractivity contribution in [3.63, 3.8) is 0 Å². The lowest BCUT2D eigenvalue weighted by Gasteiger charge is -2.12. The normalized spacial score (nSPS) is 11.8. The maximum absolute atomic E-state index is 13.1. The van der Waals surface area contributed by atoms with Crippen molar-refractivity contribution in [3.8, 4) is 0 Å². The van der Waals surface area contributed by atoms with E-state index in [1.165, 1.54) is 10.5 Å². The van der Waals surface area contributed by atoms with Gasteiger partial charge in [0.2, 0.25) is 0 Å². The molecule has 0 aliphatic heterocycles. The second-order valence-corrected chi connectivity index (χ2v) is 6.13. The molecule has 0 radical (unpaired) electrons. The predicted octanol–water partition coefficient (Wildman–Crippen LogP) is 4.78. The van der Waals surface area contributed by atoms with Gasteiger partial charge in [0.25, 0.3) is 5.91 Å². The lowest BCUT2D eigenvalue weighted by molar-refractivity contribution is -0.137. The lowest BCUT2D eigenvalue weighted by Crippen LogP contribution is -2.18. The zero-order valence-electron chi connectivity index (χ0n) is 14.6. The Balaban J connectivity index is 2.11. The fourth-order valence-electron chi connectivity index (χ4n) is 2.93. The Morgan fingerprint density at radius 2 is 1.81 bits per heavy atom. The monoisotopic (exact) mass is 361 g/mol. The number of aryl methyl sites for hydroxylation is 3. The molecule has 0 saturated carbocycles. The van der Waals surface area contributed by atoms with Gasteiger partial charge in [0, 0.05) is 11.9 Å². The number of aromatic nitrogens is 2. The molecule has 0 fully saturated rings. The highest BCUT2D eigenvalue weighted by Crippen LogP contribution is 2.30. The highest BCUT2D eigenvalue weighted by Gasteiger charge is 2.32. The number of halogens is 3. The number of benzene rings is 1. The van der Waals surface area contributed by atoms with E-state index in [0.717, 1.165) is 23.4 Å². The fourth-order valence-corrected chi connectivity index (χ4v) is 2.93. The Hall–Kier alpha value is -2.83. The maximum atomic E-state index is 13.1. The quantitative estimate of drug-likeness (QED) is 0.729. The first-order chi connectivity index (χ1) is 12.2. The number of alkyl halides is 3. The molecule has 0 saturated heterocycles. The Labute approximate surface area is 148 Å². The van der Waals surface area contributed by atoms with Crippen LogP contribution >= 0.6 is 0 Å². The minimum absolute atomic E-state index is 0.122. The number of hydrogen-bond donors (Lipinski definition) is 1. The summed E-state index contributed by atoms with van der Waals surface area (Å²) in [4.78, 5) is 17.2. The van der Waals surface area contributed by atoms with Gasteiger partial charge in [-0.3, -0.25) is 9.20 Å². The second kappa shape index (κ2) is 6.48. The lowest BCUT2D eigenvalue weighted by atomic mass is 10.1. The van der Waals surface area contributed by atoms with Gasteiger partial charge in [0.15, 0.2) is 0 Å². The van der Waals surface area contributed by atoms with Crippen molar-refractivity contribution in [1.82, 2.24) is 9.38 Å². The van der Waals surface area contributed by atoms with E-state index in [9.17, 15) is 18.0 Å². The van der Waals surface area contributed by atoms with E-state index < -0.39 is 17.6 Å². The van der Waals surface area contributed by atoms with Crippen molar-refractivity contribution in [1.29, 1.82) is 0 Å². The molecule has 0 unspecified atom stereocenters. The van der Waals surface area contributed by atoms with Crippen molar-refractivity contribution < 1.29 is 18.0 Å². The average Bonchev–Trinajstić information content (AvgIpc) is 2.95. The molecule has 1 aromatic carbocycles. The SMILES string of the molecule is CCc1nc2ccc(C(F)(F)F)cn2c1C(=O)Nc1c(C)cccc1C. The number of para-hydroxylation sites is 1. The van der Waals surface area contributed by atoms with Gasteiger partial charge in [-0.1, -0.05) is 25.1 Å². The zero-order chi connectivity index (χ0) is 19.1. The summed E-state index contributed by atoms with van der Waals surface area (Å²) in [6.45, 7) is 5.53.